The Morgan fingerprint density at radius 3 is 0.276 bits per heavy atom. The van der Waals surface area contributed by atoms with E-state index in [0.29, 0.717) is 0 Å². The predicted octanol–water partition coefficient (Wildman–Crippen LogP) is -7.45. The van der Waals surface area contributed by atoms with Crippen molar-refractivity contribution in [1.29, 1.82) is 0 Å². The van der Waals surface area contributed by atoms with E-state index in [1.54, 1.807) is 0 Å². The Morgan fingerprint density at radius 1 is 0.276 bits per heavy atom. The second-order valence-corrected chi connectivity index (χ2v) is 6.12. The van der Waals surface area contributed by atoms with E-state index in [0.717, 1.165) is 0 Å². The van der Waals surface area contributed by atoms with Crippen molar-refractivity contribution < 1.29 is 170 Å². The van der Waals surface area contributed by atoms with Crippen molar-refractivity contribution in [3.8, 4) is 0 Å². The quantitative estimate of drug-likeness (QED) is 0.125. The Labute approximate surface area is 263 Å². The summed E-state index contributed by atoms with van der Waals surface area (Å²) in [4.78, 5) is 0. The molecule has 0 radical (unpaired) electrons. The molecule has 0 heterocycles. The van der Waals surface area contributed by atoms with E-state index in [-0.39, 0.29) is 129 Å². The summed E-state index contributed by atoms with van der Waals surface area (Å²) in [5.41, 5.74) is 0. The molecule has 0 rings (SSSR count). The van der Waals surface area contributed by atoms with Crippen molar-refractivity contribution in [1.82, 2.24) is 0 Å². The number of hydrogen-bond acceptors (Lipinski definition) is 20. The van der Waals surface area contributed by atoms with Gasteiger partial charge in [-0.25, -0.2) is 0 Å². The standard InChI is InChI=1S/2Mg.5H2O4S.2Pr/c;;5*1-5(2,3)4;;/h;;5*(H2,1,2,3,4);;/q2*+2;;;;;;2*+3/p-10. The first-order chi connectivity index (χ1) is 10.0. The molecule has 20 nitrogen and oxygen atoms in total. The van der Waals surface area contributed by atoms with Crippen LogP contribution in [0, 0.1) is 82.6 Å². The average molecular weight is 811 g/mol. The van der Waals surface area contributed by atoms with Crippen LogP contribution in [-0.2, 0) is 52.0 Å². The fourth-order valence-corrected chi connectivity index (χ4v) is 0. The SMILES string of the molecule is O=S(=O)([O-])[O-].O=S(=O)([O-])[O-].O=S(=O)([O-])[O-].O=S(=O)([O-])[O-].O=S(=O)([O-])[O-].[Mg+2].[Mg+2].[Pr+3].[Pr+3]. The van der Waals surface area contributed by atoms with E-state index in [9.17, 15) is 0 Å². The molecule has 0 aliphatic rings. The van der Waals surface area contributed by atoms with E-state index in [2.05, 4.69) is 0 Å². The van der Waals surface area contributed by atoms with E-state index in [4.69, 9.17) is 87.6 Å². The minimum atomic E-state index is -5.17. The molecule has 29 heavy (non-hydrogen) atoms. The van der Waals surface area contributed by atoms with Gasteiger partial charge in [0.05, 0.1) is 0 Å². The minimum Gasteiger partial charge on any atom is -0.759 e. The Morgan fingerprint density at radius 2 is 0.276 bits per heavy atom. The third-order valence-electron chi connectivity index (χ3n) is 0. The number of hydrogen-bond donors (Lipinski definition) is 0. The van der Waals surface area contributed by atoms with E-state index in [1.807, 2.05) is 0 Å². The molecule has 29 heteroatoms. The second kappa shape index (κ2) is 26.2. The van der Waals surface area contributed by atoms with Crippen LogP contribution in [0.3, 0.4) is 0 Å². The summed E-state index contributed by atoms with van der Waals surface area (Å²) in [6, 6.07) is 0. The van der Waals surface area contributed by atoms with Gasteiger partial charge in [0.1, 0.15) is 0 Å². The van der Waals surface area contributed by atoms with Gasteiger partial charge in [0.25, 0.3) is 0 Å². The van der Waals surface area contributed by atoms with Crippen LogP contribution in [0.15, 0.2) is 0 Å². The molecule has 0 saturated carbocycles. The van der Waals surface area contributed by atoms with E-state index < -0.39 is 52.0 Å². The molecule has 0 bridgehead atoms. The molecule has 0 aromatic rings. The van der Waals surface area contributed by atoms with Crippen LogP contribution in [0.4, 0.5) is 0 Å². The van der Waals surface area contributed by atoms with Crippen molar-refractivity contribution >= 4 is 98.1 Å². The molecule has 0 aromatic heterocycles. The summed E-state index contributed by atoms with van der Waals surface area (Å²) in [7, 11) is -25.8. The van der Waals surface area contributed by atoms with Gasteiger partial charge in [-0.2, -0.15) is 0 Å². The van der Waals surface area contributed by atoms with Crippen LogP contribution in [-0.4, -0.2) is 134 Å². The van der Waals surface area contributed by atoms with Gasteiger partial charge in [-0.15, -0.1) is 0 Å². The van der Waals surface area contributed by atoms with Crippen molar-refractivity contribution in [2.75, 3.05) is 0 Å². The van der Waals surface area contributed by atoms with Gasteiger partial charge in [-0.1, -0.05) is 0 Å². The average Bonchev–Trinajstić information content (AvgIpc) is 1.79. The van der Waals surface area contributed by atoms with Crippen LogP contribution in [0.5, 0.6) is 0 Å². The van der Waals surface area contributed by atoms with Crippen molar-refractivity contribution in [3.63, 3.8) is 0 Å². The molecule has 0 aromatic carbocycles. The summed E-state index contributed by atoms with van der Waals surface area (Å²) in [5.74, 6) is 0. The molecule has 0 fully saturated rings. The van der Waals surface area contributed by atoms with E-state index >= 15 is 0 Å². The molecule has 0 atom stereocenters. The van der Waals surface area contributed by atoms with Crippen LogP contribution < -0.4 is 0 Å². The Bertz CT molecular complexity index is 629. The first kappa shape index (κ1) is 58.5. The molecule has 0 aliphatic carbocycles. The van der Waals surface area contributed by atoms with Gasteiger partial charge < -0.3 is 45.5 Å². The Balaban J connectivity index is -0.0000000238. The zero-order valence-electron chi connectivity index (χ0n) is 12.8. The molecular formula is Mg2O20Pr2S5. The zero-order valence-corrected chi connectivity index (χ0v) is 27.1. The smallest absolute Gasteiger partial charge is 0.759 e. The molecule has 160 valence electrons. The minimum absolute atomic E-state index is 0. The topological polar surface area (TPSA) is 401 Å². The van der Waals surface area contributed by atoms with Gasteiger partial charge in [0.15, 0.2) is 0 Å². The third kappa shape index (κ3) is 2130. The van der Waals surface area contributed by atoms with Crippen LogP contribution in [0.2, 0.25) is 0 Å². The van der Waals surface area contributed by atoms with Gasteiger partial charge in [0.2, 0.25) is 0 Å². The Kier molecular flexibility index (Phi) is 52.8. The number of rotatable bonds is 0. The molecular weight excluding hydrogens is 811 g/mol. The van der Waals surface area contributed by atoms with Crippen LogP contribution in [0.25, 0.3) is 0 Å². The molecule has 0 amide bonds. The molecule has 0 unspecified atom stereocenters. The summed E-state index contributed by atoms with van der Waals surface area (Å²) in [5, 5.41) is 0. The predicted molar refractivity (Wildman–Crippen MR) is 63.9 cm³/mol. The normalized spacial score (nSPS) is 10.0. The molecule has 0 N–H and O–H groups in total. The van der Waals surface area contributed by atoms with Gasteiger partial charge in [-0.3, -0.25) is 42.1 Å². The maximum atomic E-state index is 8.52. The summed E-state index contributed by atoms with van der Waals surface area (Å²) >= 11 is 0. The van der Waals surface area contributed by atoms with Crippen molar-refractivity contribution in [2.24, 2.45) is 0 Å². The van der Waals surface area contributed by atoms with Gasteiger partial charge >= 0.3 is 129 Å². The van der Waals surface area contributed by atoms with Crippen molar-refractivity contribution in [2.45, 2.75) is 0 Å². The molecule has 0 spiro atoms. The first-order valence-corrected chi connectivity index (χ1v) is 10.0. The first-order valence-electron chi connectivity index (χ1n) is 3.33. The zero-order chi connectivity index (χ0) is 22.5. The van der Waals surface area contributed by atoms with Gasteiger partial charge in [-0.05, 0) is 0 Å². The molecule has 0 aliphatic heterocycles. The maximum absolute atomic E-state index is 8.52. The fraction of sp³-hybridized carbons (Fsp3) is 0. The van der Waals surface area contributed by atoms with Crippen LogP contribution in [0.1, 0.15) is 0 Å². The second-order valence-electron chi connectivity index (χ2n) is 2.04. The summed E-state index contributed by atoms with van der Waals surface area (Å²) in [6.45, 7) is 0. The monoisotopic (exact) mass is 810 g/mol. The van der Waals surface area contributed by atoms with Crippen LogP contribution >= 0.6 is 0 Å². The summed E-state index contributed by atoms with van der Waals surface area (Å²) < 4.78 is 170. The fourth-order valence-electron chi connectivity index (χ4n) is 0. The largest absolute Gasteiger partial charge is 3.00 e. The summed E-state index contributed by atoms with van der Waals surface area (Å²) in [6.07, 6.45) is 0. The Hall–Kier alpha value is 3.61. The van der Waals surface area contributed by atoms with Crippen molar-refractivity contribution in [3.05, 3.63) is 0 Å². The molecule has 0 saturated heterocycles. The van der Waals surface area contributed by atoms with Gasteiger partial charge in [0, 0.05) is 52.0 Å². The maximum Gasteiger partial charge on any atom is 3.00 e. The third-order valence-corrected chi connectivity index (χ3v) is 0. The van der Waals surface area contributed by atoms with E-state index in [1.165, 1.54) is 0 Å².